The van der Waals surface area contributed by atoms with Crippen LogP contribution in [0.15, 0.2) is 28.9 Å². The summed E-state index contributed by atoms with van der Waals surface area (Å²) in [5, 5.41) is 2.98. The van der Waals surface area contributed by atoms with Crippen LogP contribution >= 0.6 is 11.3 Å². The van der Waals surface area contributed by atoms with Gasteiger partial charge in [-0.05, 0) is 44.5 Å². The largest absolute Gasteiger partial charge is 0.465 e. The quantitative estimate of drug-likeness (QED) is 0.587. The van der Waals surface area contributed by atoms with Gasteiger partial charge in [0.05, 0.1) is 18.4 Å². The lowest BCUT2D eigenvalue weighted by Gasteiger charge is -2.07. The Labute approximate surface area is 154 Å². The summed E-state index contributed by atoms with van der Waals surface area (Å²) in [4.78, 5) is 36.6. The smallest absolute Gasteiger partial charge is 0.341 e. The standard InChI is InChI=1S/C18H19NO6S/c1-4-23-18(22)16-11(2)12(3)26-17(16)19-14(20)10-25-15(21)8-7-13-6-5-9-24-13/h5-9H,4,10H2,1-3H3,(H,19,20). The fourth-order valence-corrected chi connectivity index (χ4v) is 3.11. The van der Waals surface area contributed by atoms with Crippen molar-refractivity contribution in [3.63, 3.8) is 0 Å². The number of esters is 2. The highest BCUT2D eigenvalue weighted by Crippen LogP contribution is 2.32. The molecule has 0 aliphatic heterocycles. The van der Waals surface area contributed by atoms with Crippen molar-refractivity contribution >= 4 is 40.3 Å². The van der Waals surface area contributed by atoms with Gasteiger partial charge < -0.3 is 19.2 Å². The molecule has 26 heavy (non-hydrogen) atoms. The molecule has 0 bridgehead atoms. The molecular weight excluding hydrogens is 358 g/mol. The first kappa shape index (κ1) is 19.5. The van der Waals surface area contributed by atoms with E-state index in [9.17, 15) is 14.4 Å². The zero-order chi connectivity index (χ0) is 19.1. The summed E-state index contributed by atoms with van der Waals surface area (Å²) >= 11 is 1.27. The van der Waals surface area contributed by atoms with E-state index >= 15 is 0 Å². The number of anilines is 1. The number of nitrogens with one attached hydrogen (secondary N) is 1. The minimum absolute atomic E-state index is 0.236. The molecule has 1 amide bonds. The Balaban J connectivity index is 1.94. The van der Waals surface area contributed by atoms with Crippen LogP contribution in [0.3, 0.4) is 0 Å². The number of ether oxygens (including phenoxy) is 2. The Kier molecular flexibility index (Phi) is 6.74. The van der Waals surface area contributed by atoms with Crippen LogP contribution < -0.4 is 5.32 Å². The fraction of sp³-hybridized carbons (Fsp3) is 0.278. The molecule has 0 aliphatic carbocycles. The van der Waals surface area contributed by atoms with Crippen molar-refractivity contribution in [2.75, 3.05) is 18.5 Å². The maximum Gasteiger partial charge on any atom is 0.341 e. The Hall–Kier alpha value is -2.87. The summed E-state index contributed by atoms with van der Waals surface area (Å²) in [6.07, 6.45) is 4.07. The van der Waals surface area contributed by atoms with E-state index in [0.717, 1.165) is 16.5 Å². The lowest BCUT2D eigenvalue weighted by atomic mass is 10.1. The molecule has 0 saturated heterocycles. The van der Waals surface area contributed by atoms with Gasteiger partial charge in [-0.3, -0.25) is 4.79 Å². The first-order valence-electron chi connectivity index (χ1n) is 7.87. The molecule has 8 heteroatoms. The van der Waals surface area contributed by atoms with Gasteiger partial charge in [0.1, 0.15) is 10.8 Å². The molecule has 0 fully saturated rings. The minimum atomic E-state index is -0.680. The van der Waals surface area contributed by atoms with Gasteiger partial charge >= 0.3 is 11.9 Å². The van der Waals surface area contributed by atoms with E-state index in [1.165, 1.54) is 23.7 Å². The summed E-state index contributed by atoms with van der Waals surface area (Å²) in [5.41, 5.74) is 1.08. The maximum atomic E-state index is 12.1. The Bertz CT molecular complexity index is 819. The van der Waals surface area contributed by atoms with Crippen molar-refractivity contribution < 1.29 is 28.3 Å². The summed E-state index contributed by atoms with van der Waals surface area (Å²) in [7, 11) is 0. The molecular formula is C18H19NO6S. The first-order valence-corrected chi connectivity index (χ1v) is 8.69. The van der Waals surface area contributed by atoms with Crippen LogP contribution in [-0.2, 0) is 19.1 Å². The third kappa shape index (κ3) is 5.06. The predicted octanol–water partition coefficient (Wildman–Crippen LogP) is 3.33. The third-order valence-corrected chi connectivity index (χ3v) is 4.51. The molecule has 0 unspecified atom stereocenters. The number of hydrogen-bond acceptors (Lipinski definition) is 7. The van der Waals surface area contributed by atoms with E-state index < -0.39 is 24.5 Å². The van der Waals surface area contributed by atoms with Crippen LogP contribution in [0, 0.1) is 13.8 Å². The molecule has 0 atom stereocenters. The highest BCUT2D eigenvalue weighted by atomic mass is 32.1. The molecule has 0 radical (unpaired) electrons. The van der Waals surface area contributed by atoms with Crippen LogP contribution in [0.25, 0.3) is 6.08 Å². The average molecular weight is 377 g/mol. The zero-order valence-electron chi connectivity index (χ0n) is 14.7. The van der Waals surface area contributed by atoms with Crippen molar-refractivity contribution in [2.24, 2.45) is 0 Å². The van der Waals surface area contributed by atoms with Crippen molar-refractivity contribution in [3.8, 4) is 0 Å². The molecule has 2 heterocycles. The lowest BCUT2D eigenvalue weighted by molar-refractivity contribution is -0.142. The van der Waals surface area contributed by atoms with Crippen molar-refractivity contribution in [1.82, 2.24) is 0 Å². The average Bonchev–Trinajstić information content (AvgIpc) is 3.20. The second-order valence-electron chi connectivity index (χ2n) is 5.21. The number of thiophene rings is 1. The molecule has 0 spiro atoms. The summed E-state index contributed by atoms with van der Waals surface area (Å²) in [5.74, 6) is -1.23. The van der Waals surface area contributed by atoms with Crippen LogP contribution in [0.4, 0.5) is 5.00 Å². The van der Waals surface area contributed by atoms with Gasteiger partial charge in [-0.1, -0.05) is 0 Å². The zero-order valence-corrected chi connectivity index (χ0v) is 15.5. The van der Waals surface area contributed by atoms with Gasteiger partial charge in [-0.15, -0.1) is 11.3 Å². The molecule has 2 rings (SSSR count). The van der Waals surface area contributed by atoms with Crippen molar-refractivity contribution in [1.29, 1.82) is 0 Å². The van der Waals surface area contributed by atoms with Crippen LogP contribution in [0.1, 0.15) is 33.5 Å². The first-order chi connectivity index (χ1) is 12.4. The monoisotopic (exact) mass is 377 g/mol. The number of hydrogen-bond donors (Lipinski definition) is 1. The molecule has 2 aromatic heterocycles. The summed E-state index contributed by atoms with van der Waals surface area (Å²) < 4.78 is 14.9. The molecule has 1 N–H and O–H groups in total. The van der Waals surface area contributed by atoms with Gasteiger partial charge in [-0.25, -0.2) is 9.59 Å². The number of rotatable bonds is 7. The van der Waals surface area contributed by atoms with Gasteiger partial charge in [-0.2, -0.15) is 0 Å². The topological polar surface area (TPSA) is 94.8 Å². The highest BCUT2D eigenvalue weighted by Gasteiger charge is 2.22. The molecule has 0 aliphatic rings. The Morgan fingerprint density at radius 3 is 2.69 bits per heavy atom. The maximum absolute atomic E-state index is 12.1. The normalized spacial score (nSPS) is 10.7. The minimum Gasteiger partial charge on any atom is -0.465 e. The number of aryl methyl sites for hydroxylation is 1. The predicted molar refractivity (Wildman–Crippen MR) is 97.1 cm³/mol. The van der Waals surface area contributed by atoms with E-state index in [0.29, 0.717) is 16.3 Å². The van der Waals surface area contributed by atoms with E-state index in [1.807, 2.05) is 6.92 Å². The van der Waals surface area contributed by atoms with Crippen molar-refractivity contribution in [2.45, 2.75) is 20.8 Å². The molecule has 7 nitrogen and oxygen atoms in total. The Morgan fingerprint density at radius 2 is 2.04 bits per heavy atom. The van der Waals surface area contributed by atoms with Crippen LogP contribution in [0.5, 0.6) is 0 Å². The number of carbonyl (C=O) groups is 3. The van der Waals surface area contributed by atoms with Gasteiger partial charge in [0.2, 0.25) is 0 Å². The van der Waals surface area contributed by atoms with E-state index in [4.69, 9.17) is 13.9 Å². The van der Waals surface area contributed by atoms with E-state index in [2.05, 4.69) is 5.32 Å². The SMILES string of the molecule is CCOC(=O)c1c(NC(=O)COC(=O)C=Cc2ccco2)sc(C)c1C. The fourth-order valence-electron chi connectivity index (χ4n) is 2.05. The summed E-state index contributed by atoms with van der Waals surface area (Å²) in [6, 6.07) is 3.36. The second kappa shape index (κ2) is 9.00. The number of amides is 1. The lowest BCUT2D eigenvalue weighted by Crippen LogP contribution is -2.21. The number of carbonyl (C=O) groups excluding carboxylic acids is 3. The van der Waals surface area contributed by atoms with E-state index in [-0.39, 0.29) is 6.61 Å². The molecule has 138 valence electrons. The molecule has 2 aromatic rings. The van der Waals surface area contributed by atoms with Crippen LogP contribution in [0.2, 0.25) is 0 Å². The van der Waals surface area contributed by atoms with Gasteiger partial charge in [0.15, 0.2) is 6.61 Å². The number of furan rings is 1. The molecule has 0 saturated carbocycles. The third-order valence-electron chi connectivity index (χ3n) is 3.39. The summed E-state index contributed by atoms with van der Waals surface area (Å²) in [6.45, 7) is 5.10. The van der Waals surface area contributed by atoms with Crippen molar-refractivity contribution in [3.05, 3.63) is 46.2 Å². The van der Waals surface area contributed by atoms with Gasteiger partial charge in [0, 0.05) is 11.0 Å². The molecule has 0 aromatic carbocycles. The van der Waals surface area contributed by atoms with Crippen LogP contribution in [-0.4, -0.2) is 31.1 Å². The Morgan fingerprint density at radius 1 is 1.27 bits per heavy atom. The highest BCUT2D eigenvalue weighted by molar-refractivity contribution is 7.16. The second-order valence-corrected chi connectivity index (χ2v) is 6.44. The van der Waals surface area contributed by atoms with Gasteiger partial charge in [0.25, 0.3) is 5.91 Å². The van der Waals surface area contributed by atoms with E-state index in [1.54, 1.807) is 26.0 Å².